The lowest BCUT2D eigenvalue weighted by Gasteiger charge is -2.22. The summed E-state index contributed by atoms with van der Waals surface area (Å²) in [7, 11) is 0. The summed E-state index contributed by atoms with van der Waals surface area (Å²) in [5.74, 6) is 3.07. The van der Waals surface area contributed by atoms with E-state index in [9.17, 15) is 4.79 Å². The Hall–Kier alpha value is -1.04. The Morgan fingerprint density at radius 2 is 2.25 bits per heavy atom. The van der Waals surface area contributed by atoms with E-state index < -0.39 is 0 Å². The summed E-state index contributed by atoms with van der Waals surface area (Å²) in [5, 5.41) is 12.2. The summed E-state index contributed by atoms with van der Waals surface area (Å²) < 4.78 is 2.04. The molecule has 110 valence electrons. The third-order valence-corrected chi connectivity index (χ3v) is 5.60. The maximum Gasteiger partial charge on any atom is 0.230 e. The highest BCUT2D eigenvalue weighted by molar-refractivity contribution is 7.99. The fraction of sp³-hybridized carbons (Fsp3) is 0.786. The molecule has 3 rings (SSSR count). The predicted octanol–water partition coefficient (Wildman–Crippen LogP) is 2.00. The Morgan fingerprint density at radius 3 is 2.90 bits per heavy atom. The molecule has 20 heavy (non-hydrogen) atoms. The van der Waals surface area contributed by atoms with Crippen LogP contribution in [0.25, 0.3) is 0 Å². The van der Waals surface area contributed by atoms with Crippen LogP contribution < -0.4 is 5.32 Å². The average molecular weight is 294 g/mol. The van der Waals surface area contributed by atoms with Crippen LogP contribution in [0.3, 0.4) is 0 Å². The molecule has 2 aliphatic carbocycles. The highest BCUT2D eigenvalue weighted by Gasteiger charge is 2.39. The molecule has 1 aromatic heterocycles. The van der Waals surface area contributed by atoms with E-state index in [0.29, 0.717) is 11.8 Å². The molecule has 1 amide bonds. The van der Waals surface area contributed by atoms with Crippen molar-refractivity contribution in [3.05, 3.63) is 5.82 Å². The first-order valence-electron chi connectivity index (χ1n) is 7.49. The SMILES string of the molecule is CCn1c(C)nnc1SCC(=O)N[C@@H]1C[C@@H]2CC[C@@H]1C2. The first-order chi connectivity index (χ1) is 9.67. The van der Waals surface area contributed by atoms with Crippen LogP contribution in [0.2, 0.25) is 0 Å². The van der Waals surface area contributed by atoms with E-state index in [1.54, 1.807) is 0 Å². The molecule has 1 N–H and O–H groups in total. The van der Waals surface area contributed by atoms with Crippen molar-refractivity contribution in [2.75, 3.05) is 5.75 Å². The zero-order valence-electron chi connectivity index (χ0n) is 12.1. The molecule has 0 radical (unpaired) electrons. The van der Waals surface area contributed by atoms with Crippen LogP contribution in [-0.2, 0) is 11.3 Å². The summed E-state index contributed by atoms with van der Waals surface area (Å²) >= 11 is 1.48. The third kappa shape index (κ3) is 2.71. The zero-order valence-corrected chi connectivity index (χ0v) is 12.9. The molecule has 6 heteroatoms. The highest BCUT2D eigenvalue weighted by Crippen LogP contribution is 2.44. The van der Waals surface area contributed by atoms with Gasteiger partial charge in [-0.2, -0.15) is 0 Å². The minimum absolute atomic E-state index is 0.135. The summed E-state index contributed by atoms with van der Waals surface area (Å²) in [6.45, 7) is 4.85. The molecule has 2 bridgehead atoms. The molecule has 2 fully saturated rings. The summed E-state index contributed by atoms with van der Waals surface area (Å²) in [5.41, 5.74) is 0. The number of fused-ring (bicyclic) bond motifs is 2. The Kier molecular flexibility index (Phi) is 4.01. The van der Waals surface area contributed by atoms with Gasteiger partial charge in [0.15, 0.2) is 5.16 Å². The van der Waals surface area contributed by atoms with E-state index in [4.69, 9.17) is 0 Å². The van der Waals surface area contributed by atoms with E-state index in [1.807, 2.05) is 11.5 Å². The van der Waals surface area contributed by atoms with Crippen LogP contribution in [0.15, 0.2) is 5.16 Å². The Morgan fingerprint density at radius 1 is 1.40 bits per heavy atom. The van der Waals surface area contributed by atoms with Gasteiger partial charge in [0.05, 0.1) is 5.75 Å². The lowest BCUT2D eigenvalue weighted by atomic mass is 9.95. The lowest BCUT2D eigenvalue weighted by molar-refractivity contribution is -0.119. The molecule has 0 spiro atoms. The average Bonchev–Trinajstić information content (AvgIpc) is 3.11. The van der Waals surface area contributed by atoms with Gasteiger partial charge in [0.1, 0.15) is 5.82 Å². The maximum atomic E-state index is 12.1. The highest BCUT2D eigenvalue weighted by atomic mass is 32.2. The number of aromatic nitrogens is 3. The van der Waals surface area contributed by atoms with Gasteiger partial charge in [-0.25, -0.2) is 0 Å². The van der Waals surface area contributed by atoms with Gasteiger partial charge in [0.2, 0.25) is 5.91 Å². The van der Waals surface area contributed by atoms with E-state index >= 15 is 0 Å². The molecule has 0 unspecified atom stereocenters. The lowest BCUT2D eigenvalue weighted by Crippen LogP contribution is -2.39. The first kappa shape index (κ1) is 13.9. The largest absolute Gasteiger partial charge is 0.352 e. The molecule has 1 aromatic rings. The van der Waals surface area contributed by atoms with Gasteiger partial charge in [0.25, 0.3) is 0 Å². The Bertz CT molecular complexity index is 501. The second-order valence-corrected chi connectivity index (χ2v) is 6.85. The quantitative estimate of drug-likeness (QED) is 0.844. The number of aryl methyl sites for hydroxylation is 1. The van der Waals surface area contributed by atoms with Gasteiger partial charge in [0, 0.05) is 12.6 Å². The van der Waals surface area contributed by atoms with Gasteiger partial charge in [-0.05, 0) is 44.9 Å². The minimum atomic E-state index is 0.135. The van der Waals surface area contributed by atoms with Crippen molar-refractivity contribution in [2.45, 2.75) is 57.3 Å². The van der Waals surface area contributed by atoms with E-state index in [0.717, 1.165) is 29.4 Å². The van der Waals surface area contributed by atoms with E-state index in [2.05, 4.69) is 22.4 Å². The Labute approximate surface area is 123 Å². The molecular formula is C14H22N4OS. The monoisotopic (exact) mass is 294 g/mol. The smallest absolute Gasteiger partial charge is 0.230 e. The van der Waals surface area contributed by atoms with Crippen molar-refractivity contribution in [3.8, 4) is 0 Å². The third-order valence-electron chi connectivity index (χ3n) is 4.63. The van der Waals surface area contributed by atoms with Crippen LogP contribution in [0.4, 0.5) is 0 Å². The predicted molar refractivity (Wildman–Crippen MR) is 78.5 cm³/mol. The minimum Gasteiger partial charge on any atom is -0.352 e. The van der Waals surface area contributed by atoms with Crippen molar-refractivity contribution >= 4 is 17.7 Å². The number of nitrogens with one attached hydrogen (secondary N) is 1. The molecule has 2 saturated carbocycles. The standard InChI is InChI=1S/C14H22N4OS/c1-3-18-9(2)16-17-14(18)20-8-13(19)15-12-7-10-4-5-11(12)6-10/h10-12H,3-8H2,1-2H3,(H,15,19)/t10-,11-,12-/m1/s1. The van der Waals surface area contributed by atoms with Crippen LogP contribution in [-0.4, -0.2) is 32.5 Å². The molecule has 0 saturated heterocycles. The number of carbonyl (C=O) groups is 1. The fourth-order valence-corrected chi connectivity index (χ4v) is 4.49. The second-order valence-electron chi connectivity index (χ2n) is 5.91. The van der Waals surface area contributed by atoms with Crippen LogP contribution in [0, 0.1) is 18.8 Å². The molecule has 0 aromatic carbocycles. The van der Waals surface area contributed by atoms with Crippen LogP contribution >= 0.6 is 11.8 Å². The van der Waals surface area contributed by atoms with Gasteiger partial charge < -0.3 is 9.88 Å². The number of thioether (sulfide) groups is 1. The van der Waals surface area contributed by atoms with Crippen LogP contribution in [0.1, 0.15) is 38.4 Å². The van der Waals surface area contributed by atoms with Crippen molar-refractivity contribution in [1.82, 2.24) is 20.1 Å². The number of carbonyl (C=O) groups excluding carboxylic acids is 1. The Balaban J connectivity index is 1.49. The maximum absolute atomic E-state index is 12.1. The van der Waals surface area contributed by atoms with Gasteiger partial charge >= 0.3 is 0 Å². The normalized spacial score (nSPS) is 28.0. The molecular weight excluding hydrogens is 272 g/mol. The molecule has 5 nitrogen and oxygen atoms in total. The van der Waals surface area contributed by atoms with Gasteiger partial charge in [-0.3, -0.25) is 4.79 Å². The summed E-state index contributed by atoms with van der Waals surface area (Å²) in [6, 6.07) is 0.424. The number of nitrogens with zero attached hydrogens (tertiary/aromatic N) is 3. The number of rotatable bonds is 5. The molecule has 2 aliphatic rings. The van der Waals surface area contributed by atoms with Gasteiger partial charge in [-0.1, -0.05) is 18.2 Å². The number of hydrogen-bond acceptors (Lipinski definition) is 4. The second kappa shape index (κ2) is 5.76. The fourth-order valence-electron chi connectivity index (χ4n) is 3.63. The zero-order chi connectivity index (χ0) is 14.1. The van der Waals surface area contributed by atoms with Crippen LogP contribution in [0.5, 0.6) is 0 Å². The molecule has 0 aliphatic heterocycles. The van der Waals surface area contributed by atoms with Crippen molar-refractivity contribution in [2.24, 2.45) is 11.8 Å². The van der Waals surface area contributed by atoms with E-state index in [1.165, 1.54) is 37.4 Å². The molecule has 1 heterocycles. The van der Waals surface area contributed by atoms with Crippen molar-refractivity contribution in [1.29, 1.82) is 0 Å². The van der Waals surface area contributed by atoms with Crippen molar-refractivity contribution in [3.63, 3.8) is 0 Å². The topological polar surface area (TPSA) is 59.8 Å². The first-order valence-corrected chi connectivity index (χ1v) is 8.48. The van der Waals surface area contributed by atoms with Gasteiger partial charge in [-0.15, -0.1) is 10.2 Å². The number of hydrogen-bond donors (Lipinski definition) is 1. The molecule has 3 atom stereocenters. The van der Waals surface area contributed by atoms with E-state index in [-0.39, 0.29) is 5.91 Å². The summed E-state index contributed by atoms with van der Waals surface area (Å²) in [4.78, 5) is 12.1. The summed E-state index contributed by atoms with van der Waals surface area (Å²) in [6.07, 6.45) is 5.17. The van der Waals surface area contributed by atoms with Crippen molar-refractivity contribution < 1.29 is 4.79 Å². The number of amides is 1.